The first-order valence-corrected chi connectivity index (χ1v) is 6.95. The molecule has 0 amide bonds. The van der Waals surface area contributed by atoms with Gasteiger partial charge in [-0.05, 0) is 27.2 Å². The van der Waals surface area contributed by atoms with Gasteiger partial charge in [0.25, 0.3) is 0 Å². The number of hydrogen-bond acceptors (Lipinski definition) is 6. The van der Waals surface area contributed by atoms with Gasteiger partial charge in [0.1, 0.15) is 6.54 Å². The maximum Gasteiger partial charge on any atom is 0.325 e. The van der Waals surface area contributed by atoms with Crippen molar-refractivity contribution in [1.82, 2.24) is 9.97 Å². The molecule has 0 aromatic carbocycles. The molecule has 0 radical (unpaired) electrons. The highest BCUT2D eigenvalue weighted by Gasteiger charge is 2.17. The Kier molecular flexibility index (Phi) is 6.76. The molecule has 1 rings (SSSR count). The smallest absolute Gasteiger partial charge is 0.325 e. The molecule has 0 bridgehead atoms. The van der Waals surface area contributed by atoms with Crippen molar-refractivity contribution in [2.24, 2.45) is 0 Å². The van der Waals surface area contributed by atoms with Gasteiger partial charge in [-0.1, -0.05) is 6.92 Å². The van der Waals surface area contributed by atoms with Crippen LogP contribution in [-0.4, -0.2) is 41.7 Å². The molecule has 6 nitrogen and oxygen atoms in total. The number of nitrogens with zero attached hydrogens (tertiary/aromatic N) is 3. The first-order valence-electron chi connectivity index (χ1n) is 6.95. The molecule has 0 atom stereocenters. The molecule has 0 spiro atoms. The van der Waals surface area contributed by atoms with Gasteiger partial charge in [-0.25, -0.2) is 0 Å². The molecule has 0 aliphatic carbocycles. The average Bonchev–Trinajstić information content (AvgIpc) is 2.43. The molecular formula is C14H23N3O3. The van der Waals surface area contributed by atoms with Crippen LogP contribution in [0.5, 0.6) is 5.88 Å². The van der Waals surface area contributed by atoms with Gasteiger partial charge in [0, 0.05) is 6.04 Å². The standard InChI is InChI=1S/C14H23N3O3/c1-5-7-20-13-9-15-8-12(16-13)17(11(3)4)10-14(18)19-6-2/h8-9,11H,5-7,10H2,1-4H3. The number of carbonyl (C=O) groups is 1. The lowest BCUT2D eigenvalue weighted by molar-refractivity contribution is -0.141. The van der Waals surface area contributed by atoms with Crippen molar-refractivity contribution in [2.45, 2.75) is 40.2 Å². The third-order valence-corrected chi connectivity index (χ3v) is 2.58. The number of aromatic nitrogens is 2. The molecule has 0 fully saturated rings. The van der Waals surface area contributed by atoms with Crippen LogP contribution in [0.2, 0.25) is 0 Å². The Bertz CT molecular complexity index is 424. The molecule has 0 unspecified atom stereocenters. The summed E-state index contributed by atoms with van der Waals surface area (Å²) in [7, 11) is 0. The van der Waals surface area contributed by atoms with E-state index in [0.29, 0.717) is 24.9 Å². The summed E-state index contributed by atoms with van der Waals surface area (Å²) >= 11 is 0. The maximum absolute atomic E-state index is 11.6. The predicted octanol–water partition coefficient (Wildman–Crippen LogP) is 2.04. The first kappa shape index (κ1) is 16.2. The van der Waals surface area contributed by atoms with Crippen LogP contribution >= 0.6 is 0 Å². The van der Waals surface area contributed by atoms with E-state index >= 15 is 0 Å². The van der Waals surface area contributed by atoms with Gasteiger partial charge in [0.2, 0.25) is 5.88 Å². The minimum absolute atomic E-state index is 0.107. The Morgan fingerprint density at radius 1 is 1.35 bits per heavy atom. The van der Waals surface area contributed by atoms with Crippen LogP contribution in [-0.2, 0) is 9.53 Å². The van der Waals surface area contributed by atoms with Crippen LogP contribution in [0.15, 0.2) is 12.4 Å². The van der Waals surface area contributed by atoms with Gasteiger partial charge < -0.3 is 14.4 Å². The normalized spacial score (nSPS) is 10.4. The average molecular weight is 281 g/mol. The second-order valence-electron chi connectivity index (χ2n) is 4.59. The summed E-state index contributed by atoms with van der Waals surface area (Å²) in [5.74, 6) is 0.809. The van der Waals surface area contributed by atoms with Gasteiger partial charge in [0.15, 0.2) is 5.82 Å². The number of carbonyl (C=O) groups excluding carboxylic acids is 1. The summed E-state index contributed by atoms with van der Waals surface area (Å²) in [6, 6.07) is 0.107. The minimum atomic E-state index is -0.275. The molecule has 0 aliphatic heterocycles. The van der Waals surface area contributed by atoms with Crippen molar-refractivity contribution in [3.8, 4) is 5.88 Å². The zero-order valence-electron chi connectivity index (χ0n) is 12.6. The number of ether oxygens (including phenoxy) is 2. The van der Waals surface area contributed by atoms with Crippen molar-refractivity contribution in [3.05, 3.63) is 12.4 Å². The Labute approximate surface area is 120 Å². The number of hydrogen-bond donors (Lipinski definition) is 0. The lowest BCUT2D eigenvalue weighted by atomic mass is 10.3. The molecule has 0 saturated heterocycles. The Balaban J connectivity index is 2.83. The molecule has 1 heterocycles. The van der Waals surface area contributed by atoms with Gasteiger partial charge in [-0.3, -0.25) is 9.78 Å². The van der Waals surface area contributed by atoms with Crippen LogP contribution < -0.4 is 9.64 Å². The zero-order chi connectivity index (χ0) is 15.0. The fourth-order valence-corrected chi connectivity index (χ4v) is 1.63. The molecule has 6 heteroatoms. The van der Waals surface area contributed by atoms with Crippen molar-refractivity contribution >= 4 is 11.8 Å². The molecule has 1 aromatic rings. The van der Waals surface area contributed by atoms with E-state index < -0.39 is 0 Å². The third kappa shape index (κ3) is 5.03. The van der Waals surface area contributed by atoms with Gasteiger partial charge in [0.05, 0.1) is 25.6 Å². The third-order valence-electron chi connectivity index (χ3n) is 2.58. The number of esters is 1. The second-order valence-corrected chi connectivity index (χ2v) is 4.59. The van der Waals surface area contributed by atoms with Crippen molar-refractivity contribution < 1.29 is 14.3 Å². The van der Waals surface area contributed by atoms with Gasteiger partial charge in [-0.15, -0.1) is 0 Å². The highest BCUT2D eigenvalue weighted by molar-refractivity contribution is 5.75. The lowest BCUT2D eigenvalue weighted by Gasteiger charge is -2.26. The summed E-state index contributed by atoms with van der Waals surface area (Å²) in [5.41, 5.74) is 0. The Morgan fingerprint density at radius 2 is 2.10 bits per heavy atom. The lowest BCUT2D eigenvalue weighted by Crippen LogP contribution is -2.37. The quantitative estimate of drug-likeness (QED) is 0.679. The molecular weight excluding hydrogens is 258 g/mol. The molecule has 0 N–H and O–H groups in total. The number of anilines is 1. The van der Waals surface area contributed by atoms with E-state index in [-0.39, 0.29) is 18.6 Å². The largest absolute Gasteiger partial charge is 0.477 e. The number of rotatable bonds is 8. The van der Waals surface area contributed by atoms with Crippen molar-refractivity contribution in [3.63, 3.8) is 0 Å². The van der Waals surface area contributed by atoms with Crippen LogP contribution in [0.1, 0.15) is 34.1 Å². The van der Waals surface area contributed by atoms with Crippen LogP contribution in [0.25, 0.3) is 0 Å². The van der Waals surface area contributed by atoms with E-state index in [1.54, 1.807) is 19.3 Å². The summed E-state index contributed by atoms with van der Waals surface area (Å²) < 4.78 is 10.4. The summed E-state index contributed by atoms with van der Waals surface area (Å²) in [6.07, 6.45) is 4.10. The minimum Gasteiger partial charge on any atom is -0.477 e. The predicted molar refractivity (Wildman–Crippen MR) is 76.9 cm³/mol. The van der Waals surface area contributed by atoms with E-state index in [1.165, 1.54) is 0 Å². The Morgan fingerprint density at radius 3 is 2.70 bits per heavy atom. The molecule has 112 valence electrons. The van der Waals surface area contributed by atoms with E-state index in [1.807, 2.05) is 25.7 Å². The van der Waals surface area contributed by atoms with E-state index in [4.69, 9.17) is 9.47 Å². The molecule has 0 saturated carbocycles. The van der Waals surface area contributed by atoms with Gasteiger partial charge in [-0.2, -0.15) is 4.98 Å². The van der Waals surface area contributed by atoms with E-state index in [0.717, 1.165) is 6.42 Å². The summed E-state index contributed by atoms with van der Waals surface area (Å²) in [5, 5.41) is 0. The fourth-order valence-electron chi connectivity index (χ4n) is 1.63. The van der Waals surface area contributed by atoms with Crippen LogP contribution in [0.3, 0.4) is 0 Å². The van der Waals surface area contributed by atoms with Gasteiger partial charge >= 0.3 is 5.97 Å². The molecule has 1 aromatic heterocycles. The van der Waals surface area contributed by atoms with E-state index in [2.05, 4.69) is 9.97 Å². The van der Waals surface area contributed by atoms with Crippen LogP contribution in [0, 0.1) is 0 Å². The highest BCUT2D eigenvalue weighted by atomic mass is 16.5. The summed E-state index contributed by atoms with van der Waals surface area (Å²) in [4.78, 5) is 22.0. The van der Waals surface area contributed by atoms with Crippen LogP contribution in [0.4, 0.5) is 5.82 Å². The highest BCUT2D eigenvalue weighted by Crippen LogP contribution is 2.16. The SMILES string of the molecule is CCCOc1cncc(N(CC(=O)OCC)C(C)C)n1. The van der Waals surface area contributed by atoms with Crippen molar-refractivity contribution in [2.75, 3.05) is 24.7 Å². The molecule has 20 heavy (non-hydrogen) atoms. The fraction of sp³-hybridized carbons (Fsp3) is 0.643. The summed E-state index contributed by atoms with van der Waals surface area (Å²) in [6.45, 7) is 8.90. The Hall–Kier alpha value is -1.85. The van der Waals surface area contributed by atoms with E-state index in [9.17, 15) is 4.79 Å². The molecule has 0 aliphatic rings. The first-order chi connectivity index (χ1) is 9.58. The monoisotopic (exact) mass is 281 g/mol. The van der Waals surface area contributed by atoms with Crippen molar-refractivity contribution in [1.29, 1.82) is 0 Å². The maximum atomic E-state index is 11.6. The topological polar surface area (TPSA) is 64.5 Å². The second kappa shape index (κ2) is 8.35. The zero-order valence-corrected chi connectivity index (χ0v) is 12.6.